The van der Waals surface area contributed by atoms with E-state index in [9.17, 15) is 4.79 Å². The van der Waals surface area contributed by atoms with Crippen LogP contribution in [0.5, 0.6) is 0 Å². The fraction of sp³-hybridized carbons (Fsp3) is 0.545. The molecule has 80 valence electrons. The van der Waals surface area contributed by atoms with Gasteiger partial charge in [0, 0.05) is 25.6 Å². The summed E-state index contributed by atoms with van der Waals surface area (Å²) in [5, 5.41) is 3.30. The lowest BCUT2D eigenvalue weighted by Crippen LogP contribution is -2.57. The molecule has 0 spiro atoms. The molecule has 1 N–H and O–H groups in total. The third-order valence-electron chi connectivity index (χ3n) is 3.35. The highest BCUT2D eigenvalue weighted by Crippen LogP contribution is 2.29. The van der Waals surface area contributed by atoms with Crippen LogP contribution in [0.1, 0.15) is 16.3 Å². The highest BCUT2D eigenvalue weighted by atomic mass is 16.3. The summed E-state index contributed by atoms with van der Waals surface area (Å²) in [6.07, 6.45) is 0. The number of likely N-dealkylation sites (tertiary alicyclic amines) is 1. The van der Waals surface area contributed by atoms with Crippen LogP contribution in [0.15, 0.2) is 16.5 Å². The Morgan fingerprint density at radius 1 is 1.53 bits per heavy atom. The number of carbonyl (C=O) groups is 1. The number of amides is 1. The van der Waals surface area contributed by atoms with E-state index in [1.807, 2.05) is 17.9 Å². The Balaban J connectivity index is 1.76. The smallest absolute Gasteiger partial charge is 0.289 e. The lowest BCUT2D eigenvalue weighted by atomic mass is 9.92. The van der Waals surface area contributed by atoms with Gasteiger partial charge in [-0.3, -0.25) is 4.79 Å². The van der Waals surface area contributed by atoms with Crippen molar-refractivity contribution >= 4 is 5.91 Å². The Hall–Kier alpha value is -1.29. The van der Waals surface area contributed by atoms with Crippen LogP contribution < -0.4 is 5.32 Å². The molecule has 2 aliphatic rings. The maximum atomic E-state index is 12.0. The third kappa shape index (κ3) is 1.28. The molecule has 2 saturated heterocycles. The van der Waals surface area contributed by atoms with Gasteiger partial charge in [0.05, 0.1) is 6.04 Å². The number of hydrogen-bond acceptors (Lipinski definition) is 3. The highest BCUT2D eigenvalue weighted by molar-refractivity contribution is 5.92. The molecule has 4 nitrogen and oxygen atoms in total. The zero-order valence-corrected chi connectivity index (χ0v) is 8.69. The number of aryl methyl sites for hydroxylation is 1. The topological polar surface area (TPSA) is 45.5 Å². The first kappa shape index (κ1) is 8.97. The summed E-state index contributed by atoms with van der Waals surface area (Å²) in [6.45, 7) is 4.70. The van der Waals surface area contributed by atoms with Crippen LogP contribution in [0.4, 0.5) is 0 Å². The Bertz CT molecular complexity index is 399. The van der Waals surface area contributed by atoms with E-state index in [4.69, 9.17) is 4.42 Å². The molecule has 15 heavy (non-hydrogen) atoms. The van der Waals surface area contributed by atoms with E-state index in [0.29, 0.717) is 17.7 Å². The van der Waals surface area contributed by atoms with Crippen molar-refractivity contribution < 1.29 is 9.21 Å². The van der Waals surface area contributed by atoms with E-state index >= 15 is 0 Å². The molecule has 3 heterocycles. The van der Waals surface area contributed by atoms with Crippen LogP contribution in [0.3, 0.4) is 0 Å². The van der Waals surface area contributed by atoms with Gasteiger partial charge in [0.2, 0.25) is 0 Å². The lowest BCUT2D eigenvalue weighted by Gasteiger charge is -2.43. The zero-order chi connectivity index (χ0) is 10.4. The Labute approximate surface area is 88.2 Å². The summed E-state index contributed by atoms with van der Waals surface area (Å²) >= 11 is 0. The predicted molar refractivity (Wildman–Crippen MR) is 54.6 cm³/mol. The number of fused-ring (bicyclic) bond motifs is 1. The molecule has 1 aromatic heterocycles. The van der Waals surface area contributed by atoms with Gasteiger partial charge >= 0.3 is 0 Å². The number of rotatable bonds is 1. The number of hydrogen-bond donors (Lipinski definition) is 1. The van der Waals surface area contributed by atoms with E-state index in [2.05, 4.69) is 5.32 Å². The summed E-state index contributed by atoms with van der Waals surface area (Å²) < 4.78 is 5.34. The first-order chi connectivity index (χ1) is 7.25. The second-order valence-corrected chi connectivity index (χ2v) is 4.35. The van der Waals surface area contributed by atoms with Gasteiger partial charge in [-0.25, -0.2) is 0 Å². The molecule has 0 saturated carbocycles. The molecule has 1 aromatic rings. The minimum Gasteiger partial charge on any atom is -0.456 e. The SMILES string of the molecule is Cc1ccc(C(=O)N2CC3CNCC32)o1. The Kier molecular flexibility index (Phi) is 1.85. The summed E-state index contributed by atoms with van der Waals surface area (Å²) in [4.78, 5) is 13.9. The van der Waals surface area contributed by atoms with Crippen molar-refractivity contribution in [3.63, 3.8) is 0 Å². The Morgan fingerprint density at radius 3 is 3.07 bits per heavy atom. The van der Waals surface area contributed by atoms with Gasteiger partial charge in [-0.15, -0.1) is 0 Å². The summed E-state index contributed by atoms with van der Waals surface area (Å²) in [5.41, 5.74) is 0. The molecule has 2 atom stereocenters. The first-order valence-corrected chi connectivity index (χ1v) is 5.34. The zero-order valence-electron chi connectivity index (χ0n) is 8.69. The van der Waals surface area contributed by atoms with E-state index < -0.39 is 0 Å². The van der Waals surface area contributed by atoms with Crippen molar-refractivity contribution in [2.45, 2.75) is 13.0 Å². The molecule has 2 fully saturated rings. The molecule has 0 aliphatic carbocycles. The standard InChI is InChI=1S/C11H14N2O2/c1-7-2-3-10(15-7)11(14)13-6-8-4-12-5-9(8)13/h2-3,8-9,12H,4-6H2,1H3. The molecule has 2 unspecified atom stereocenters. The molecule has 0 aromatic carbocycles. The van der Waals surface area contributed by atoms with Crippen LogP contribution in [-0.2, 0) is 0 Å². The van der Waals surface area contributed by atoms with Gasteiger partial charge in [-0.05, 0) is 19.1 Å². The normalized spacial score (nSPS) is 28.7. The summed E-state index contributed by atoms with van der Waals surface area (Å²) in [5.74, 6) is 1.95. The molecular weight excluding hydrogens is 192 g/mol. The van der Waals surface area contributed by atoms with Gasteiger partial charge in [-0.1, -0.05) is 0 Å². The van der Waals surface area contributed by atoms with E-state index in [-0.39, 0.29) is 5.91 Å². The van der Waals surface area contributed by atoms with Crippen LogP contribution in [0.2, 0.25) is 0 Å². The number of nitrogens with zero attached hydrogens (tertiary/aromatic N) is 1. The van der Waals surface area contributed by atoms with Crippen LogP contribution >= 0.6 is 0 Å². The monoisotopic (exact) mass is 206 g/mol. The summed E-state index contributed by atoms with van der Waals surface area (Å²) in [6, 6.07) is 3.98. The second-order valence-electron chi connectivity index (χ2n) is 4.35. The van der Waals surface area contributed by atoms with Crippen molar-refractivity contribution in [3.05, 3.63) is 23.7 Å². The van der Waals surface area contributed by atoms with Crippen LogP contribution in [0, 0.1) is 12.8 Å². The van der Waals surface area contributed by atoms with E-state index in [1.54, 1.807) is 6.07 Å². The number of carbonyl (C=O) groups excluding carboxylic acids is 1. The fourth-order valence-electron chi connectivity index (χ4n) is 2.44. The third-order valence-corrected chi connectivity index (χ3v) is 3.35. The minimum atomic E-state index is 0.0352. The van der Waals surface area contributed by atoms with Gasteiger partial charge in [0.25, 0.3) is 5.91 Å². The van der Waals surface area contributed by atoms with Crippen molar-refractivity contribution in [2.24, 2.45) is 5.92 Å². The molecule has 3 rings (SSSR count). The molecule has 2 aliphatic heterocycles. The van der Waals surface area contributed by atoms with Crippen molar-refractivity contribution in [2.75, 3.05) is 19.6 Å². The van der Waals surface area contributed by atoms with E-state index in [1.165, 1.54) is 0 Å². The Morgan fingerprint density at radius 2 is 2.40 bits per heavy atom. The fourth-order valence-corrected chi connectivity index (χ4v) is 2.44. The van der Waals surface area contributed by atoms with Gasteiger partial charge < -0.3 is 14.6 Å². The quantitative estimate of drug-likeness (QED) is 0.733. The first-order valence-electron chi connectivity index (χ1n) is 5.34. The van der Waals surface area contributed by atoms with Crippen LogP contribution in [0.25, 0.3) is 0 Å². The molecule has 0 bridgehead atoms. The highest BCUT2D eigenvalue weighted by Gasteiger charge is 2.45. The lowest BCUT2D eigenvalue weighted by molar-refractivity contribution is 0.0296. The number of furan rings is 1. The summed E-state index contributed by atoms with van der Waals surface area (Å²) in [7, 11) is 0. The number of nitrogens with one attached hydrogen (secondary N) is 1. The molecule has 1 amide bonds. The maximum Gasteiger partial charge on any atom is 0.289 e. The predicted octanol–water partition coefficient (Wildman–Crippen LogP) is 0.632. The molecular formula is C11H14N2O2. The molecule has 4 heteroatoms. The van der Waals surface area contributed by atoms with Crippen molar-refractivity contribution in [1.82, 2.24) is 10.2 Å². The second kappa shape index (κ2) is 3.10. The molecule has 0 radical (unpaired) electrons. The average molecular weight is 206 g/mol. The van der Waals surface area contributed by atoms with Gasteiger partial charge in [-0.2, -0.15) is 0 Å². The largest absolute Gasteiger partial charge is 0.456 e. The van der Waals surface area contributed by atoms with Gasteiger partial charge in [0.1, 0.15) is 5.76 Å². The average Bonchev–Trinajstić information content (AvgIpc) is 2.74. The van der Waals surface area contributed by atoms with E-state index in [0.717, 1.165) is 25.4 Å². The van der Waals surface area contributed by atoms with Crippen molar-refractivity contribution in [1.29, 1.82) is 0 Å². The van der Waals surface area contributed by atoms with Crippen LogP contribution in [-0.4, -0.2) is 36.5 Å². The van der Waals surface area contributed by atoms with Gasteiger partial charge in [0.15, 0.2) is 5.76 Å². The maximum absolute atomic E-state index is 12.0. The minimum absolute atomic E-state index is 0.0352. The van der Waals surface area contributed by atoms with Crippen molar-refractivity contribution in [3.8, 4) is 0 Å².